The van der Waals surface area contributed by atoms with Gasteiger partial charge in [0.25, 0.3) is 5.91 Å². The van der Waals surface area contributed by atoms with Crippen molar-refractivity contribution in [2.75, 3.05) is 0 Å². The van der Waals surface area contributed by atoms with Crippen LogP contribution in [-0.2, 0) is 6.54 Å². The first-order chi connectivity index (χ1) is 10.8. The van der Waals surface area contributed by atoms with Crippen molar-refractivity contribution in [3.05, 3.63) is 59.9 Å². The van der Waals surface area contributed by atoms with E-state index >= 15 is 0 Å². The fourth-order valence-corrected chi connectivity index (χ4v) is 2.67. The van der Waals surface area contributed by atoms with Crippen molar-refractivity contribution in [2.45, 2.75) is 38.3 Å². The molecule has 1 amide bonds. The molecule has 1 saturated carbocycles. The Kier molecular flexibility index (Phi) is 4.68. The number of amides is 1. The van der Waals surface area contributed by atoms with Crippen LogP contribution in [-0.4, -0.2) is 17.0 Å². The van der Waals surface area contributed by atoms with Gasteiger partial charge in [0.15, 0.2) is 0 Å². The molecule has 1 aromatic carbocycles. The summed E-state index contributed by atoms with van der Waals surface area (Å²) in [4.78, 5) is 15.9. The molecule has 0 unspecified atom stereocenters. The molecule has 0 atom stereocenters. The minimum absolute atomic E-state index is 0.0892. The van der Waals surface area contributed by atoms with Crippen LogP contribution >= 0.6 is 0 Å². The maximum Gasteiger partial charge on any atom is 0.251 e. The number of hydrogen-bond donors (Lipinski definition) is 1. The standard InChI is InChI=1S/C18H20N2O2/c21-18(15-9-11-19-12-10-15)20-13-14-5-7-17(8-6-14)22-16-3-1-2-4-16/h5-12,16H,1-4,13H2,(H,20,21). The second-order valence-electron chi connectivity index (χ2n) is 5.59. The second-order valence-corrected chi connectivity index (χ2v) is 5.59. The molecular weight excluding hydrogens is 276 g/mol. The van der Waals surface area contributed by atoms with Gasteiger partial charge >= 0.3 is 0 Å². The molecule has 4 nitrogen and oxygen atoms in total. The van der Waals surface area contributed by atoms with Crippen LogP contribution in [0.1, 0.15) is 41.6 Å². The van der Waals surface area contributed by atoms with Gasteiger partial charge in [0.05, 0.1) is 6.10 Å². The zero-order chi connectivity index (χ0) is 15.2. The van der Waals surface area contributed by atoms with Gasteiger partial charge in [-0.15, -0.1) is 0 Å². The van der Waals surface area contributed by atoms with Gasteiger partial charge in [-0.2, -0.15) is 0 Å². The summed E-state index contributed by atoms with van der Waals surface area (Å²) in [6, 6.07) is 11.4. The van der Waals surface area contributed by atoms with Crippen molar-refractivity contribution < 1.29 is 9.53 Å². The molecule has 0 spiro atoms. The highest BCUT2D eigenvalue weighted by Gasteiger charge is 2.16. The normalized spacial score (nSPS) is 14.7. The van der Waals surface area contributed by atoms with Gasteiger partial charge in [0.2, 0.25) is 0 Å². The molecule has 1 fully saturated rings. The Morgan fingerprint density at radius 2 is 1.77 bits per heavy atom. The Labute approximate surface area is 130 Å². The van der Waals surface area contributed by atoms with Crippen molar-refractivity contribution in [1.82, 2.24) is 10.3 Å². The van der Waals surface area contributed by atoms with Gasteiger partial charge in [-0.05, 0) is 55.5 Å². The maximum absolute atomic E-state index is 12.0. The summed E-state index contributed by atoms with van der Waals surface area (Å²) < 4.78 is 5.93. The molecule has 1 heterocycles. The topological polar surface area (TPSA) is 51.2 Å². The molecule has 1 N–H and O–H groups in total. The Morgan fingerprint density at radius 1 is 1.09 bits per heavy atom. The monoisotopic (exact) mass is 296 g/mol. The largest absolute Gasteiger partial charge is 0.490 e. The third-order valence-electron chi connectivity index (χ3n) is 3.92. The number of carbonyl (C=O) groups excluding carboxylic acids is 1. The SMILES string of the molecule is O=C(NCc1ccc(OC2CCCC2)cc1)c1ccncc1. The van der Waals surface area contributed by atoms with Crippen molar-refractivity contribution in [3.63, 3.8) is 0 Å². The third kappa shape index (κ3) is 3.85. The third-order valence-corrected chi connectivity index (χ3v) is 3.92. The average molecular weight is 296 g/mol. The van der Waals surface area contributed by atoms with E-state index in [1.54, 1.807) is 24.5 Å². The second kappa shape index (κ2) is 7.07. The van der Waals surface area contributed by atoms with E-state index in [2.05, 4.69) is 10.3 Å². The Hall–Kier alpha value is -2.36. The minimum atomic E-state index is -0.0892. The Bertz CT molecular complexity index is 605. The van der Waals surface area contributed by atoms with Crippen molar-refractivity contribution in [2.24, 2.45) is 0 Å². The van der Waals surface area contributed by atoms with E-state index in [0.29, 0.717) is 18.2 Å². The van der Waals surface area contributed by atoms with Gasteiger partial charge in [-0.25, -0.2) is 0 Å². The van der Waals surface area contributed by atoms with Crippen LogP contribution in [0.25, 0.3) is 0 Å². The number of benzene rings is 1. The van der Waals surface area contributed by atoms with Crippen LogP contribution < -0.4 is 10.1 Å². The van der Waals surface area contributed by atoms with Crippen LogP contribution in [0.4, 0.5) is 0 Å². The molecular formula is C18H20N2O2. The first-order valence-electron chi connectivity index (χ1n) is 7.75. The van der Waals surface area contributed by atoms with E-state index < -0.39 is 0 Å². The Balaban J connectivity index is 1.51. The lowest BCUT2D eigenvalue weighted by Crippen LogP contribution is -2.22. The van der Waals surface area contributed by atoms with E-state index in [4.69, 9.17) is 4.74 Å². The zero-order valence-electron chi connectivity index (χ0n) is 12.5. The first-order valence-corrected chi connectivity index (χ1v) is 7.75. The first kappa shape index (κ1) is 14.6. The number of pyridine rings is 1. The molecule has 1 aliphatic rings. The molecule has 3 rings (SSSR count). The average Bonchev–Trinajstić information content (AvgIpc) is 3.08. The van der Waals surface area contributed by atoms with Crippen LogP contribution in [0.2, 0.25) is 0 Å². The summed E-state index contributed by atoms with van der Waals surface area (Å²) in [5, 5.41) is 2.90. The van der Waals surface area contributed by atoms with E-state index in [9.17, 15) is 4.79 Å². The summed E-state index contributed by atoms with van der Waals surface area (Å²) in [6.07, 6.45) is 8.45. The lowest BCUT2D eigenvalue weighted by atomic mass is 10.2. The molecule has 22 heavy (non-hydrogen) atoms. The van der Waals surface area contributed by atoms with Gasteiger partial charge in [0, 0.05) is 24.5 Å². The summed E-state index contributed by atoms with van der Waals surface area (Å²) >= 11 is 0. The van der Waals surface area contributed by atoms with Gasteiger partial charge in [-0.1, -0.05) is 12.1 Å². The molecule has 0 aliphatic heterocycles. The summed E-state index contributed by atoms with van der Waals surface area (Å²) in [5.41, 5.74) is 1.68. The summed E-state index contributed by atoms with van der Waals surface area (Å²) in [7, 11) is 0. The highest BCUT2D eigenvalue weighted by molar-refractivity contribution is 5.93. The molecule has 2 aromatic rings. The zero-order valence-corrected chi connectivity index (χ0v) is 12.5. The molecule has 0 radical (unpaired) electrons. The number of aromatic nitrogens is 1. The highest BCUT2D eigenvalue weighted by Crippen LogP contribution is 2.24. The summed E-state index contributed by atoms with van der Waals surface area (Å²) in [5.74, 6) is 0.824. The predicted octanol–water partition coefficient (Wildman–Crippen LogP) is 3.33. The molecule has 1 aliphatic carbocycles. The van der Waals surface area contributed by atoms with E-state index in [-0.39, 0.29) is 5.91 Å². The Morgan fingerprint density at radius 3 is 2.45 bits per heavy atom. The van der Waals surface area contributed by atoms with E-state index in [1.807, 2.05) is 24.3 Å². The lowest BCUT2D eigenvalue weighted by Gasteiger charge is -2.13. The quantitative estimate of drug-likeness (QED) is 0.920. The molecule has 1 aromatic heterocycles. The van der Waals surface area contributed by atoms with Gasteiger partial charge < -0.3 is 10.1 Å². The number of rotatable bonds is 5. The van der Waals surface area contributed by atoms with E-state index in [0.717, 1.165) is 24.2 Å². The number of ether oxygens (including phenoxy) is 1. The minimum Gasteiger partial charge on any atom is -0.490 e. The smallest absolute Gasteiger partial charge is 0.251 e. The molecule has 4 heteroatoms. The fourth-order valence-electron chi connectivity index (χ4n) is 2.67. The van der Waals surface area contributed by atoms with Gasteiger partial charge in [0.1, 0.15) is 5.75 Å². The highest BCUT2D eigenvalue weighted by atomic mass is 16.5. The lowest BCUT2D eigenvalue weighted by molar-refractivity contribution is 0.0951. The number of nitrogens with one attached hydrogen (secondary N) is 1. The number of nitrogens with zero attached hydrogens (tertiary/aromatic N) is 1. The van der Waals surface area contributed by atoms with Crippen molar-refractivity contribution in [1.29, 1.82) is 0 Å². The van der Waals surface area contributed by atoms with Crippen LogP contribution in [0.3, 0.4) is 0 Å². The number of carbonyl (C=O) groups is 1. The fraction of sp³-hybridized carbons (Fsp3) is 0.333. The van der Waals surface area contributed by atoms with Crippen molar-refractivity contribution in [3.8, 4) is 5.75 Å². The van der Waals surface area contributed by atoms with Gasteiger partial charge in [-0.3, -0.25) is 9.78 Å². The number of hydrogen-bond acceptors (Lipinski definition) is 3. The van der Waals surface area contributed by atoms with Crippen LogP contribution in [0.15, 0.2) is 48.8 Å². The van der Waals surface area contributed by atoms with Crippen LogP contribution in [0, 0.1) is 0 Å². The summed E-state index contributed by atoms with van der Waals surface area (Å²) in [6.45, 7) is 0.505. The molecule has 114 valence electrons. The predicted molar refractivity (Wildman–Crippen MR) is 84.7 cm³/mol. The van der Waals surface area contributed by atoms with E-state index in [1.165, 1.54) is 12.8 Å². The molecule has 0 bridgehead atoms. The molecule has 0 saturated heterocycles. The maximum atomic E-state index is 12.0. The van der Waals surface area contributed by atoms with Crippen LogP contribution in [0.5, 0.6) is 5.75 Å². The van der Waals surface area contributed by atoms with Crippen molar-refractivity contribution >= 4 is 5.91 Å².